The predicted molar refractivity (Wildman–Crippen MR) is 128 cm³/mol. The van der Waals surface area contributed by atoms with Crippen molar-refractivity contribution in [3.8, 4) is 0 Å². The number of carbonyl (C=O) groups excluding carboxylic acids is 2. The maximum absolute atomic E-state index is 13.6. The largest absolute Gasteiger partial charge is 0.465 e. The van der Waals surface area contributed by atoms with E-state index in [2.05, 4.69) is 9.88 Å². The van der Waals surface area contributed by atoms with E-state index >= 15 is 0 Å². The van der Waals surface area contributed by atoms with Crippen LogP contribution in [0, 0.1) is 5.41 Å². The van der Waals surface area contributed by atoms with Gasteiger partial charge in [0.05, 0.1) is 12.7 Å². The van der Waals surface area contributed by atoms with E-state index in [4.69, 9.17) is 4.74 Å². The molecule has 3 heterocycles. The first-order valence-electron chi connectivity index (χ1n) is 12.0. The van der Waals surface area contributed by atoms with E-state index in [0.717, 1.165) is 22.3 Å². The van der Waals surface area contributed by atoms with Gasteiger partial charge in [0.1, 0.15) is 11.1 Å². The van der Waals surface area contributed by atoms with Gasteiger partial charge in [-0.15, -0.1) is 0 Å². The van der Waals surface area contributed by atoms with E-state index in [1.165, 1.54) is 12.0 Å². The summed E-state index contributed by atoms with van der Waals surface area (Å²) in [6.07, 6.45) is -0.622. The number of anilines is 1. The second-order valence-corrected chi connectivity index (χ2v) is 9.41. The third kappa shape index (κ3) is 4.08. The van der Waals surface area contributed by atoms with Crippen molar-refractivity contribution >= 4 is 28.6 Å². The van der Waals surface area contributed by atoms with Crippen LogP contribution in [0.15, 0.2) is 48.8 Å². The highest BCUT2D eigenvalue weighted by molar-refractivity contribution is 5.91. The lowest BCUT2D eigenvalue weighted by Gasteiger charge is -2.46. The Labute approximate surface area is 206 Å². The van der Waals surface area contributed by atoms with Gasteiger partial charge >= 0.3 is 12.1 Å². The lowest BCUT2D eigenvalue weighted by atomic mass is 9.67. The number of methoxy groups -OCH3 is 1. The average molecular weight is 501 g/mol. The zero-order valence-corrected chi connectivity index (χ0v) is 19.9. The highest BCUT2D eigenvalue weighted by Crippen LogP contribution is 2.54. The molecule has 7 nitrogen and oxygen atoms in total. The van der Waals surface area contributed by atoms with Crippen molar-refractivity contribution in [2.75, 3.05) is 38.2 Å². The third-order valence-electron chi connectivity index (χ3n) is 7.43. The van der Waals surface area contributed by atoms with Gasteiger partial charge < -0.3 is 19.1 Å². The fraction of sp³-hybridized carbons (Fsp3) is 0.423. The Bertz CT molecular complexity index is 1270. The van der Waals surface area contributed by atoms with Crippen molar-refractivity contribution in [2.45, 2.75) is 32.0 Å². The van der Waals surface area contributed by atoms with Crippen LogP contribution in [0.25, 0.3) is 11.0 Å². The Morgan fingerprint density at radius 1 is 1.03 bits per heavy atom. The number of rotatable bonds is 5. The molecule has 3 aromatic rings. The number of amides is 1. The minimum atomic E-state index is -4.50. The van der Waals surface area contributed by atoms with Crippen LogP contribution in [0.5, 0.6) is 0 Å². The molecule has 2 aromatic heterocycles. The van der Waals surface area contributed by atoms with Gasteiger partial charge in [0.15, 0.2) is 0 Å². The Morgan fingerprint density at radius 3 is 2.31 bits per heavy atom. The summed E-state index contributed by atoms with van der Waals surface area (Å²) in [4.78, 5) is 32.5. The Balaban J connectivity index is 1.29. The van der Waals surface area contributed by atoms with E-state index in [9.17, 15) is 22.8 Å². The molecular weight excluding hydrogens is 473 g/mol. The number of pyridine rings is 1. The molecule has 1 amide bonds. The molecule has 1 saturated carbocycles. The zero-order chi connectivity index (χ0) is 25.5. The van der Waals surface area contributed by atoms with E-state index in [1.54, 1.807) is 18.3 Å². The fourth-order valence-electron chi connectivity index (χ4n) is 5.14. The molecule has 0 N–H and O–H groups in total. The minimum absolute atomic E-state index is 0.112. The fourth-order valence-corrected chi connectivity index (χ4v) is 5.14. The maximum Gasteiger partial charge on any atom is 0.403 e. The lowest BCUT2D eigenvalue weighted by Crippen LogP contribution is -2.59. The number of alkyl halides is 3. The van der Waals surface area contributed by atoms with Crippen molar-refractivity contribution in [1.29, 1.82) is 0 Å². The number of benzene rings is 1. The smallest absolute Gasteiger partial charge is 0.403 e. The van der Waals surface area contributed by atoms with Crippen molar-refractivity contribution < 1.29 is 27.5 Å². The molecule has 0 bridgehead atoms. The number of carbonyl (C=O) groups is 2. The predicted octanol–water partition coefficient (Wildman–Crippen LogP) is 4.25. The average Bonchev–Trinajstić information content (AvgIpc) is 3.25. The topological polar surface area (TPSA) is 67.7 Å². The molecule has 0 spiro atoms. The Hall–Kier alpha value is -3.56. The maximum atomic E-state index is 13.6. The summed E-state index contributed by atoms with van der Waals surface area (Å²) in [6, 6.07) is 11.1. The zero-order valence-electron chi connectivity index (χ0n) is 19.9. The number of hydrogen-bond donors (Lipinski definition) is 0. The van der Waals surface area contributed by atoms with Gasteiger partial charge in [-0.25, -0.2) is 9.78 Å². The number of hydrogen-bond acceptors (Lipinski definition) is 5. The Morgan fingerprint density at radius 2 is 1.72 bits per heavy atom. The van der Waals surface area contributed by atoms with Crippen molar-refractivity contribution in [2.24, 2.45) is 5.41 Å². The van der Waals surface area contributed by atoms with Crippen LogP contribution >= 0.6 is 0 Å². The summed E-state index contributed by atoms with van der Waals surface area (Å²) in [7, 11) is 1.34. The van der Waals surface area contributed by atoms with Gasteiger partial charge in [-0.05, 0) is 42.7 Å². The monoisotopic (exact) mass is 500 g/mol. The molecule has 1 saturated heterocycles. The van der Waals surface area contributed by atoms with Gasteiger partial charge in [0.25, 0.3) is 0 Å². The first-order chi connectivity index (χ1) is 17.2. The van der Waals surface area contributed by atoms with E-state index in [0.29, 0.717) is 31.6 Å². The molecule has 1 aliphatic carbocycles. The molecular formula is C26H27F3N4O3. The summed E-state index contributed by atoms with van der Waals surface area (Å²) >= 11 is 0. The summed E-state index contributed by atoms with van der Waals surface area (Å²) in [6.45, 7) is 1.99. The molecule has 36 heavy (non-hydrogen) atoms. The number of piperazine rings is 1. The molecule has 2 fully saturated rings. The van der Waals surface area contributed by atoms with Gasteiger partial charge in [-0.3, -0.25) is 4.79 Å². The van der Waals surface area contributed by atoms with E-state index in [-0.39, 0.29) is 31.9 Å². The summed E-state index contributed by atoms with van der Waals surface area (Å²) in [5.74, 6) is -1.16. The highest BCUT2D eigenvalue weighted by atomic mass is 19.4. The van der Waals surface area contributed by atoms with Crippen LogP contribution in [0.4, 0.5) is 18.9 Å². The third-order valence-corrected chi connectivity index (χ3v) is 7.43. The molecule has 1 aliphatic heterocycles. The molecule has 5 rings (SSSR count). The van der Waals surface area contributed by atoms with Crippen LogP contribution in [-0.4, -0.2) is 65.8 Å². The van der Waals surface area contributed by atoms with Crippen LogP contribution in [-0.2, 0) is 16.1 Å². The van der Waals surface area contributed by atoms with Gasteiger partial charge in [-0.1, -0.05) is 18.6 Å². The molecule has 190 valence electrons. The molecule has 10 heteroatoms. The number of aromatic nitrogens is 2. The number of ether oxygens (including phenoxy) is 1. The standard InChI is InChI=1S/C26H27F3N4O3/c1-36-23(34)19-5-3-18(4-6-19)17-33-12-8-20-21(7-11-30-22(20)33)31-13-15-32(16-14-31)24(35)25(9-2-10-25)26(27,28)29/h3-8,11-12H,2,9-10,13-17H2,1H3. The van der Waals surface area contributed by atoms with Crippen molar-refractivity contribution in [3.63, 3.8) is 0 Å². The van der Waals surface area contributed by atoms with Crippen LogP contribution in [0.3, 0.4) is 0 Å². The van der Waals surface area contributed by atoms with Crippen LogP contribution < -0.4 is 4.90 Å². The quantitative estimate of drug-likeness (QED) is 0.490. The normalized spacial score (nSPS) is 17.7. The van der Waals surface area contributed by atoms with Crippen LogP contribution in [0.1, 0.15) is 35.2 Å². The summed E-state index contributed by atoms with van der Waals surface area (Å²) in [5, 5.41) is 0.939. The molecule has 1 aromatic carbocycles. The molecule has 0 radical (unpaired) electrons. The number of esters is 1. The van der Waals surface area contributed by atoms with Gasteiger partial charge in [0.2, 0.25) is 5.91 Å². The van der Waals surface area contributed by atoms with Crippen LogP contribution in [0.2, 0.25) is 0 Å². The number of halogens is 3. The summed E-state index contributed by atoms with van der Waals surface area (Å²) < 4.78 is 47.6. The van der Waals surface area contributed by atoms with Gasteiger partial charge in [0, 0.05) is 56.2 Å². The van der Waals surface area contributed by atoms with E-state index in [1.807, 2.05) is 35.0 Å². The second-order valence-electron chi connectivity index (χ2n) is 9.41. The molecule has 2 aliphatic rings. The summed E-state index contributed by atoms with van der Waals surface area (Å²) in [5.41, 5.74) is 1.02. The first kappa shape index (κ1) is 24.1. The van der Waals surface area contributed by atoms with E-state index < -0.39 is 17.5 Å². The molecule has 0 unspecified atom stereocenters. The molecule has 0 atom stereocenters. The Kier molecular flexibility index (Phi) is 6.13. The SMILES string of the molecule is COC(=O)c1ccc(Cn2ccc3c(N4CCN(C(=O)C5(C(F)(F)F)CCC5)CC4)ccnc32)cc1. The second kappa shape index (κ2) is 9.15. The van der Waals surface area contributed by atoms with Crippen molar-refractivity contribution in [3.05, 3.63) is 59.9 Å². The number of fused-ring (bicyclic) bond motifs is 1. The van der Waals surface area contributed by atoms with Gasteiger partial charge in [-0.2, -0.15) is 13.2 Å². The lowest BCUT2D eigenvalue weighted by molar-refractivity contribution is -0.248. The minimum Gasteiger partial charge on any atom is -0.465 e. The van der Waals surface area contributed by atoms with Crippen molar-refractivity contribution in [1.82, 2.24) is 14.5 Å². The highest BCUT2D eigenvalue weighted by Gasteiger charge is 2.64. The number of nitrogens with zero attached hydrogens (tertiary/aromatic N) is 4. The first-order valence-corrected chi connectivity index (χ1v) is 12.0.